The predicted octanol–water partition coefficient (Wildman–Crippen LogP) is 4.42. The summed E-state index contributed by atoms with van der Waals surface area (Å²) in [6.07, 6.45) is 4.82. The zero-order chi connectivity index (χ0) is 27.0. The van der Waals surface area contributed by atoms with E-state index < -0.39 is 12.0 Å². The van der Waals surface area contributed by atoms with Gasteiger partial charge in [0.25, 0.3) is 5.91 Å². The molecule has 0 aromatic carbocycles. The normalized spacial score (nSPS) is 16.1. The topological polar surface area (TPSA) is 192 Å². The fourth-order valence-corrected chi connectivity index (χ4v) is 5.32. The van der Waals surface area contributed by atoms with Crippen molar-refractivity contribution in [2.45, 2.75) is 12.0 Å². The molecule has 12 nitrogen and oxygen atoms in total. The number of nitrogen functional groups attached to an aromatic ring is 2. The van der Waals surface area contributed by atoms with Crippen molar-refractivity contribution in [3.05, 3.63) is 71.0 Å². The van der Waals surface area contributed by atoms with Crippen molar-refractivity contribution in [1.82, 2.24) is 35.2 Å². The minimum atomic E-state index is -0.401. The molecule has 2 unspecified atom stereocenters. The Hall–Kier alpha value is -2.82. The van der Waals surface area contributed by atoms with E-state index in [-0.39, 0.29) is 24.3 Å². The number of hydrogen-bond donors (Lipinski definition) is 7. The second kappa shape index (κ2) is 11.1. The highest BCUT2D eigenvalue weighted by molar-refractivity contribution is 9.13. The molecule has 5 rings (SSSR count). The highest BCUT2D eigenvalue weighted by Gasteiger charge is 2.36. The minimum absolute atomic E-state index is 0.235. The van der Waals surface area contributed by atoms with E-state index in [1.807, 2.05) is 6.07 Å². The van der Waals surface area contributed by atoms with Crippen LogP contribution < -0.4 is 16.8 Å². The molecular formula is C22H20Br4N10O2. The number of aromatic nitrogens is 6. The van der Waals surface area contributed by atoms with Crippen molar-refractivity contribution in [2.75, 3.05) is 24.6 Å². The summed E-state index contributed by atoms with van der Waals surface area (Å²) < 4.78 is 9.39. The Morgan fingerprint density at radius 1 is 1.11 bits per heavy atom. The molecule has 38 heavy (non-hydrogen) atoms. The molecule has 0 fully saturated rings. The number of aromatic amines is 4. The van der Waals surface area contributed by atoms with Crippen LogP contribution in [0.5, 0.6) is 0 Å². The molecule has 2 atom stereocenters. The van der Waals surface area contributed by atoms with Crippen LogP contribution in [0.25, 0.3) is 6.08 Å². The maximum atomic E-state index is 12.4. The number of H-pyrrole nitrogens is 4. The van der Waals surface area contributed by atoms with Gasteiger partial charge in [-0.25, -0.2) is 15.0 Å². The molecular weight excluding hydrogens is 756 g/mol. The first-order chi connectivity index (χ1) is 18.2. The van der Waals surface area contributed by atoms with Gasteiger partial charge in [0.15, 0.2) is 11.9 Å². The van der Waals surface area contributed by atoms with Crippen LogP contribution in [-0.4, -0.2) is 60.9 Å². The van der Waals surface area contributed by atoms with E-state index in [0.717, 1.165) is 19.2 Å². The Morgan fingerprint density at radius 3 is 2.53 bits per heavy atom. The molecule has 1 aliphatic heterocycles. The zero-order valence-electron chi connectivity index (χ0n) is 19.3. The van der Waals surface area contributed by atoms with Crippen molar-refractivity contribution in [1.29, 1.82) is 0 Å². The fraction of sp³-hybridized carbons (Fsp3) is 0.182. The number of nitrogens with one attached hydrogen (secondary N) is 5. The van der Waals surface area contributed by atoms with E-state index in [1.165, 1.54) is 0 Å². The number of rotatable bonds is 8. The first kappa shape index (κ1) is 26.8. The lowest BCUT2D eigenvalue weighted by Gasteiger charge is -2.21. The molecule has 0 aliphatic carbocycles. The Labute approximate surface area is 249 Å². The van der Waals surface area contributed by atoms with E-state index in [4.69, 9.17) is 16.2 Å². The standard InChI is InChI=1S/C22H20Br4N10O2/c23-8-4-11(32-17(8)25)19(37)29-3-1-2-10-16(36-22(28)34-10)15(13-6-31-21(27)35-13)14-7-30-20(38-14)12-5-9(24)18(26)33-12/h1-2,4-6,14-15,32-33H,3,7H2,(H,29,37)(H3,27,31,35)(H3,28,34,36). The maximum absolute atomic E-state index is 12.4. The van der Waals surface area contributed by atoms with Gasteiger partial charge in [-0.15, -0.1) is 0 Å². The lowest BCUT2D eigenvalue weighted by atomic mass is 9.93. The number of nitrogens with two attached hydrogens (primary N) is 2. The number of carbonyl (C=O) groups is 1. The van der Waals surface area contributed by atoms with Crippen LogP contribution in [-0.2, 0) is 4.74 Å². The maximum Gasteiger partial charge on any atom is 0.268 e. The van der Waals surface area contributed by atoms with Crippen molar-refractivity contribution in [2.24, 2.45) is 4.99 Å². The number of amides is 1. The Kier molecular flexibility index (Phi) is 7.83. The summed E-state index contributed by atoms with van der Waals surface area (Å²) in [6.45, 7) is 0.650. The van der Waals surface area contributed by atoms with Gasteiger partial charge >= 0.3 is 0 Å². The highest BCUT2D eigenvalue weighted by atomic mass is 79.9. The molecule has 1 amide bonds. The van der Waals surface area contributed by atoms with Crippen LogP contribution in [0.4, 0.5) is 11.9 Å². The van der Waals surface area contributed by atoms with Gasteiger partial charge in [-0.1, -0.05) is 6.08 Å². The SMILES string of the molecule is Nc1ncc(C(c2[nH]c(N)nc2C=CCNC(=O)c2cc(Br)c(Br)[nH]2)C2CN=C(c3cc(Br)c(Br)[nH]3)O2)[nH]1. The van der Waals surface area contributed by atoms with Gasteiger partial charge in [-0.2, -0.15) is 0 Å². The smallest absolute Gasteiger partial charge is 0.268 e. The summed E-state index contributed by atoms with van der Waals surface area (Å²) in [4.78, 5) is 38.0. The van der Waals surface area contributed by atoms with Gasteiger partial charge in [0.1, 0.15) is 17.5 Å². The Morgan fingerprint density at radius 2 is 1.87 bits per heavy atom. The van der Waals surface area contributed by atoms with Crippen molar-refractivity contribution >= 4 is 93.5 Å². The molecule has 5 heterocycles. The molecule has 4 aromatic heterocycles. The lowest BCUT2D eigenvalue weighted by Crippen LogP contribution is -2.25. The molecule has 198 valence electrons. The average Bonchev–Trinajstić information content (AvgIpc) is 3.69. The minimum Gasteiger partial charge on any atom is -0.470 e. The van der Waals surface area contributed by atoms with E-state index in [1.54, 1.807) is 24.4 Å². The van der Waals surface area contributed by atoms with Crippen molar-refractivity contribution < 1.29 is 9.53 Å². The van der Waals surface area contributed by atoms with Crippen molar-refractivity contribution in [3.8, 4) is 0 Å². The Balaban J connectivity index is 1.36. The van der Waals surface area contributed by atoms with Crippen LogP contribution >= 0.6 is 63.7 Å². The van der Waals surface area contributed by atoms with Crippen LogP contribution in [0.3, 0.4) is 0 Å². The number of aliphatic imine (C=N–C) groups is 1. The number of anilines is 2. The second-order valence-electron chi connectivity index (χ2n) is 8.23. The van der Waals surface area contributed by atoms with Gasteiger partial charge in [-0.05, 0) is 81.9 Å². The highest BCUT2D eigenvalue weighted by Crippen LogP contribution is 2.35. The molecule has 16 heteroatoms. The number of carbonyl (C=O) groups excluding carboxylic acids is 1. The first-order valence-corrected chi connectivity index (χ1v) is 14.3. The fourth-order valence-electron chi connectivity index (χ4n) is 4.01. The van der Waals surface area contributed by atoms with Crippen LogP contribution in [0.15, 0.2) is 47.5 Å². The van der Waals surface area contributed by atoms with E-state index in [0.29, 0.717) is 39.8 Å². The molecule has 9 N–H and O–H groups in total. The third kappa shape index (κ3) is 5.62. The summed E-state index contributed by atoms with van der Waals surface area (Å²) >= 11 is 13.6. The van der Waals surface area contributed by atoms with Gasteiger partial charge in [0, 0.05) is 12.2 Å². The molecule has 0 spiro atoms. The molecule has 0 saturated heterocycles. The van der Waals surface area contributed by atoms with Crippen molar-refractivity contribution in [3.63, 3.8) is 0 Å². The summed E-state index contributed by atoms with van der Waals surface area (Å²) in [6, 6.07) is 3.58. The molecule has 4 aromatic rings. The van der Waals surface area contributed by atoms with Gasteiger partial charge in [0.2, 0.25) is 5.90 Å². The van der Waals surface area contributed by atoms with Gasteiger partial charge < -0.3 is 41.5 Å². The number of nitrogens with zero attached hydrogens (tertiary/aromatic N) is 3. The van der Waals surface area contributed by atoms with Crippen LogP contribution in [0.1, 0.15) is 39.2 Å². The number of halogens is 4. The summed E-state index contributed by atoms with van der Waals surface area (Å²) in [7, 11) is 0. The number of imidazole rings is 2. The average molecular weight is 776 g/mol. The summed E-state index contributed by atoms with van der Waals surface area (Å²) in [5, 5.41) is 2.83. The predicted molar refractivity (Wildman–Crippen MR) is 158 cm³/mol. The second-order valence-corrected chi connectivity index (χ2v) is 11.5. The van der Waals surface area contributed by atoms with Crippen LogP contribution in [0.2, 0.25) is 0 Å². The summed E-state index contributed by atoms with van der Waals surface area (Å²) in [5.74, 6) is 0.347. The lowest BCUT2D eigenvalue weighted by molar-refractivity contribution is 0.0953. The van der Waals surface area contributed by atoms with E-state index in [9.17, 15) is 4.79 Å². The zero-order valence-corrected chi connectivity index (χ0v) is 25.6. The molecule has 1 aliphatic rings. The van der Waals surface area contributed by atoms with Gasteiger partial charge in [0.05, 0.1) is 48.2 Å². The molecule has 0 saturated carbocycles. The number of ether oxygens (including phenoxy) is 1. The third-order valence-corrected chi connectivity index (χ3v) is 9.24. The Bertz CT molecular complexity index is 1510. The summed E-state index contributed by atoms with van der Waals surface area (Å²) in [5.41, 5.74) is 15.1. The van der Waals surface area contributed by atoms with Gasteiger partial charge in [-0.3, -0.25) is 4.79 Å². The molecule has 0 bridgehead atoms. The molecule has 0 radical (unpaired) electrons. The third-order valence-electron chi connectivity index (χ3n) is 5.67. The first-order valence-electron chi connectivity index (χ1n) is 11.1. The largest absolute Gasteiger partial charge is 0.470 e. The van der Waals surface area contributed by atoms with E-state index >= 15 is 0 Å². The van der Waals surface area contributed by atoms with E-state index in [2.05, 4.69) is 104 Å². The quantitative estimate of drug-likeness (QED) is 0.139. The monoisotopic (exact) mass is 772 g/mol. The number of hydrogen-bond acceptors (Lipinski definition) is 7. The van der Waals surface area contributed by atoms with Crippen LogP contribution in [0, 0.1) is 0 Å².